The van der Waals surface area contributed by atoms with E-state index in [0.717, 1.165) is 16.7 Å². The molecule has 3 N–H and O–H groups in total. The summed E-state index contributed by atoms with van der Waals surface area (Å²) >= 11 is 6.12. The molecule has 0 saturated carbocycles. The second kappa shape index (κ2) is 6.07. The van der Waals surface area contributed by atoms with Crippen LogP contribution < -0.4 is 10.5 Å². The van der Waals surface area contributed by atoms with Crippen molar-refractivity contribution in [3.63, 3.8) is 0 Å². The zero-order valence-corrected chi connectivity index (χ0v) is 11.5. The lowest BCUT2D eigenvalue weighted by atomic mass is 9.95. The van der Waals surface area contributed by atoms with Crippen LogP contribution in [0.4, 0.5) is 0 Å². The molecule has 0 aromatic heterocycles. The van der Waals surface area contributed by atoms with Crippen LogP contribution in [0.2, 0.25) is 5.02 Å². The van der Waals surface area contributed by atoms with Crippen molar-refractivity contribution in [1.82, 2.24) is 0 Å². The highest BCUT2D eigenvalue weighted by Crippen LogP contribution is 2.35. The Morgan fingerprint density at radius 3 is 2.61 bits per heavy atom. The Bertz CT molecular complexity index is 460. The Balaban J connectivity index is 3.09. The fourth-order valence-corrected chi connectivity index (χ4v) is 2.20. The Labute approximate surface area is 112 Å². The number of aliphatic carboxylic acids is 1. The first-order chi connectivity index (χ1) is 8.38. The van der Waals surface area contributed by atoms with Gasteiger partial charge in [-0.05, 0) is 37.5 Å². The third-order valence-electron chi connectivity index (χ3n) is 3.03. The van der Waals surface area contributed by atoms with E-state index in [1.54, 1.807) is 13.2 Å². The van der Waals surface area contributed by atoms with Crippen molar-refractivity contribution in [2.75, 3.05) is 7.11 Å². The van der Waals surface area contributed by atoms with Gasteiger partial charge >= 0.3 is 5.97 Å². The summed E-state index contributed by atoms with van der Waals surface area (Å²) in [4.78, 5) is 10.6. The number of halogens is 1. The predicted molar refractivity (Wildman–Crippen MR) is 71.3 cm³/mol. The number of carbonyl (C=O) groups is 1. The number of benzene rings is 1. The Hall–Kier alpha value is -1.26. The minimum Gasteiger partial charge on any atom is -0.496 e. The number of hydrogen-bond donors (Lipinski definition) is 2. The summed E-state index contributed by atoms with van der Waals surface area (Å²) in [5.74, 6) is -0.142. The van der Waals surface area contributed by atoms with E-state index >= 15 is 0 Å². The molecule has 0 saturated heterocycles. The lowest BCUT2D eigenvalue weighted by molar-refractivity contribution is -0.137. The second-order valence-electron chi connectivity index (χ2n) is 4.27. The number of ether oxygens (including phenoxy) is 1. The summed E-state index contributed by atoms with van der Waals surface area (Å²) in [6, 6.07) is 1.44. The monoisotopic (exact) mass is 271 g/mol. The van der Waals surface area contributed by atoms with Gasteiger partial charge in [0.05, 0.1) is 7.11 Å². The lowest BCUT2D eigenvalue weighted by Crippen LogP contribution is -2.14. The standard InChI is InChI=1S/C13H18ClNO3/c1-7-9(11(15)4-5-12(16)17)6-10(14)8(2)13(7)18-3/h6,11H,4-5,15H2,1-3H3,(H,16,17). The molecular weight excluding hydrogens is 254 g/mol. The Morgan fingerprint density at radius 1 is 1.50 bits per heavy atom. The molecule has 0 aliphatic carbocycles. The van der Waals surface area contributed by atoms with E-state index in [2.05, 4.69) is 0 Å². The minimum atomic E-state index is -0.853. The molecule has 5 heteroatoms. The smallest absolute Gasteiger partial charge is 0.303 e. The van der Waals surface area contributed by atoms with Gasteiger partial charge in [0.1, 0.15) is 5.75 Å². The van der Waals surface area contributed by atoms with Crippen LogP contribution in [0.25, 0.3) is 0 Å². The lowest BCUT2D eigenvalue weighted by Gasteiger charge is -2.19. The van der Waals surface area contributed by atoms with Crippen LogP contribution in [0.15, 0.2) is 6.07 Å². The molecule has 100 valence electrons. The van der Waals surface area contributed by atoms with E-state index in [9.17, 15) is 4.79 Å². The van der Waals surface area contributed by atoms with Gasteiger partial charge in [0, 0.05) is 23.0 Å². The molecule has 0 radical (unpaired) electrons. The summed E-state index contributed by atoms with van der Waals surface area (Å²) in [5.41, 5.74) is 8.63. The van der Waals surface area contributed by atoms with Gasteiger partial charge in [0.15, 0.2) is 0 Å². The van der Waals surface area contributed by atoms with Crippen LogP contribution in [0.1, 0.15) is 35.6 Å². The molecule has 1 atom stereocenters. The maximum Gasteiger partial charge on any atom is 0.303 e. The van der Waals surface area contributed by atoms with Gasteiger partial charge in [-0.2, -0.15) is 0 Å². The average Bonchev–Trinajstić information content (AvgIpc) is 2.31. The van der Waals surface area contributed by atoms with Gasteiger partial charge < -0.3 is 15.6 Å². The molecule has 4 nitrogen and oxygen atoms in total. The van der Waals surface area contributed by atoms with E-state index in [-0.39, 0.29) is 12.5 Å². The van der Waals surface area contributed by atoms with Crippen LogP contribution in [-0.4, -0.2) is 18.2 Å². The van der Waals surface area contributed by atoms with E-state index in [1.807, 2.05) is 13.8 Å². The van der Waals surface area contributed by atoms with Gasteiger partial charge in [-0.15, -0.1) is 0 Å². The number of nitrogens with two attached hydrogens (primary N) is 1. The van der Waals surface area contributed by atoms with Gasteiger partial charge in [0.2, 0.25) is 0 Å². The molecule has 0 spiro atoms. The van der Waals surface area contributed by atoms with Gasteiger partial charge in [-0.1, -0.05) is 11.6 Å². The highest BCUT2D eigenvalue weighted by atomic mass is 35.5. The van der Waals surface area contributed by atoms with Crippen LogP contribution in [0.3, 0.4) is 0 Å². The molecule has 0 aliphatic rings. The third-order valence-corrected chi connectivity index (χ3v) is 3.42. The van der Waals surface area contributed by atoms with Crippen LogP contribution in [0.5, 0.6) is 5.75 Å². The van der Waals surface area contributed by atoms with Crippen molar-refractivity contribution in [2.45, 2.75) is 32.7 Å². The van der Waals surface area contributed by atoms with Crippen molar-refractivity contribution in [3.05, 3.63) is 27.8 Å². The summed E-state index contributed by atoms with van der Waals surface area (Å²) in [5, 5.41) is 9.25. The Kier molecular flexibility index (Phi) is 4.99. The van der Waals surface area contributed by atoms with E-state index < -0.39 is 5.97 Å². The molecule has 18 heavy (non-hydrogen) atoms. The third kappa shape index (κ3) is 3.15. The molecule has 0 bridgehead atoms. The number of hydrogen-bond acceptors (Lipinski definition) is 3. The fraction of sp³-hybridized carbons (Fsp3) is 0.462. The van der Waals surface area contributed by atoms with Gasteiger partial charge in [-0.25, -0.2) is 0 Å². The average molecular weight is 272 g/mol. The SMILES string of the molecule is COc1c(C)c(Cl)cc(C(N)CCC(=O)O)c1C. The number of methoxy groups -OCH3 is 1. The van der Waals surface area contributed by atoms with Crippen LogP contribution in [-0.2, 0) is 4.79 Å². The number of carboxylic acids is 1. The topological polar surface area (TPSA) is 72.5 Å². The molecule has 0 fully saturated rings. The summed E-state index contributed by atoms with van der Waals surface area (Å²) in [6.45, 7) is 3.78. The summed E-state index contributed by atoms with van der Waals surface area (Å²) in [7, 11) is 1.58. The van der Waals surface area contributed by atoms with Crippen molar-refractivity contribution in [1.29, 1.82) is 0 Å². The van der Waals surface area contributed by atoms with E-state index in [0.29, 0.717) is 17.2 Å². The molecule has 1 aromatic rings. The molecule has 0 heterocycles. The van der Waals surface area contributed by atoms with Gasteiger partial charge in [0.25, 0.3) is 0 Å². The fourth-order valence-electron chi connectivity index (χ4n) is 2.00. The van der Waals surface area contributed by atoms with Crippen molar-refractivity contribution < 1.29 is 14.6 Å². The maximum absolute atomic E-state index is 10.6. The zero-order valence-electron chi connectivity index (χ0n) is 10.8. The van der Waals surface area contributed by atoms with Crippen molar-refractivity contribution >= 4 is 17.6 Å². The number of carboxylic acid groups (broad SMARTS) is 1. The first kappa shape index (κ1) is 14.8. The molecule has 1 unspecified atom stereocenters. The molecular formula is C13H18ClNO3. The molecule has 0 aliphatic heterocycles. The summed E-state index contributed by atoms with van der Waals surface area (Å²) < 4.78 is 5.32. The molecule has 1 rings (SSSR count). The first-order valence-electron chi connectivity index (χ1n) is 5.69. The minimum absolute atomic E-state index is 0.0361. The van der Waals surface area contributed by atoms with E-state index in [1.165, 1.54) is 0 Å². The Morgan fingerprint density at radius 2 is 2.11 bits per heavy atom. The predicted octanol–water partition coefficient (Wildman–Crippen LogP) is 2.83. The normalized spacial score (nSPS) is 12.3. The zero-order chi connectivity index (χ0) is 13.9. The highest BCUT2D eigenvalue weighted by Gasteiger charge is 2.17. The van der Waals surface area contributed by atoms with Crippen molar-refractivity contribution in [3.8, 4) is 5.75 Å². The largest absolute Gasteiger partial charge is 0.496 e. The van der Waals surface area contributed by atoms with Crippen molar-refractivity contribution in [2.24, 2.45) is 5.73 Å². The maximum atomic E-state index is 10.6. The van der Waals surface area contributed by atoms with Crippen LogP contribution >= 0.6 is 11.6 Å². The van der Waals surface area contributed by atoms with Gasteiger partial charge in [-0.3, -0.25) is 4.79 Å². The van der Waals surface area contributed by atoms with E-state index in [4.69, 9.17) is 27.2 Å². The summed E-state index contributed by atoms with van der Waals surface area (Å²) in [6.07, 6.45) is 0.410. The number of rotatable bonds is 5. The molecule has 0 amide bonds. The van der Waals surface area contributed by atoms with Crippen LogP contribution in [0, 0.1) is 13.8 Å². The highest BCUT2D eigenvalue weighted by molar-refractivity contribution is 6.31. The second-order valence-corrected chi connectivity index (χ2v) is 4.68. The quantitative estimate of drug-likeness (QED) is 0.864. The first-order valence-corrected chi connectivity index (χ1v) is 6.07. The molecule has 1 aromatic carbocycles.